The molecule has 2 unspecified atom stereocenters. The Morgan fingerprint density at radius 3 is 2.53 bits per heavy atom. The molecule has 0 aromatic heterocycles. The second-order valence-corrected chi connectivity index (χ2v) is 9.88. The van der Waals surface area contributed by atoms with Gasteiger partial charge in [-0.2, -0.15) is 11.8 Å². The minimum Gasteiger partial charge on any atom is -0.480 e. The SMILES string of the molecule is CCOC(=O)C(CCc1ccccc1)N[C@@H](C)C(=O)N1C(C(=O)O)CCC12CCSCC2. The summed E-state index contributed by atoms with van der Waals surface area (Å²) in [6.07, 6.45) is 3.99. The molecule has 2 fully saturated rings. The van der Waals surface area contributed by atoms with Crippen LogP contribution in [0.2, 0.25) is 0 Å². The van der Waals surface area contributed by atoms with E-state index in [1.54, 1.807) is 18.7 Å². The zero-order valence-electron chi connectivity index (χ0n) is 18.9. The van der Waals surface area contributed by atoms with Gasteiger partial charge in [0.2, 0.25) is 5.91 Å². The van der Waals surface area contributed by atoms with Crippen LogP contribution in [0.4, 0.5) is 0 Å². The van der Waals surface area contributed by atoms with Crippen molar-refractivity contribution in [2.75, 3.05) is 18.1 Å². The van der Waals surface area contributed by atoms with Gasteiger partial charge in [0, 0.05) is 5.54 Å². The standard InChI is InChI=1S/C24H34N2O5S/c1-3-31-23(30)19(10-9-18-7-5-4-6-8-18)25-17(2)21(27)26-20(22(28)29)11-12-24(26)13-15-32-16-14-24/h4-8,17,19-20,25H,3,9-16H2,1-2H3,(H,28,29)/t17-,19?,20?/m0/s1. The van der Waals surface area contributed by atoms with Crippen LogP contribution >= 0.6 is 11.8 Å². The first kappa shape index (κ1) is 24.6. The Kier molecular flexibility index (Phi) is 8.59. The quantitative estimate of drug-likeness (QED) is 0.545. The highest BCUT2D eigenvalue weighted by atomic mass is 32.2. The number of likely N-dealkylation sites (tertiary alicyclic amines) is 1. The van der Waals surface area contributed by atoms with Gasteiger partial charge in [0.25, 0.3) is 0 Å². The number of amides is 1. The molecule has 2 saturated heterocycles. The molecule has 3 atom stereocenters. The highest BCUT2D eigenvalue weighted by Gasteiger charge is 2.52. The number of carboxylic acids is 1. The van der Waals surface area contributed by atoms with Crippen molar-refractivity contribution in [3.8, 4) is 0 Å². The molecule has 7 nitrogen and oxygen atoms in total. The van der Waals surface area contributed by atoms with E-state index in [4.69, 9.17) is 4.74 Å². The molecule has 1 amide bonds. The Labute approximate surface area is 194 Å². The number of hydrogen-bond donors (Lipinski definition) is 2. The lowest BCUT2D eigenvalue weighted by Gasteiger charge is -2.44. The average molecular weight is 463 g/mol. The Bertz CT molecular complexity index is 797. The summed E-state index contributed by atoms with van der Waals surface area (Å²) in [5.41, 5.74) is 0.719. The zero-order valence-corrected chi connectivity index (χ0v) is 19.7. The van der Waals surface area contributed by atoms with Crippen LogP contribution in [0, 0.1) is 0 Å². The number of carbonyl (C=O) groups excluding carboxylic acids is 2. The predicted octanol–water partition coefficient (Wildman–Crippen LogP) is 2.87. The lowest BCUT2D eigenvalue weighted by atomic mass is 9.89. The first-order valence-corrected chi connectivity index (χ1v) is 12.6. The third-order valence-corrected chi connectivity index (χ3v) is 7.59. The lowest BCUT2D eigenvalue weighted by molar-refractivity contribution is -0.154. The van der Waals surface area contributed by atoms with Gasteiger partial charge in [-0.1, -0.05) is 30.3 Å². The first-order valence-electron chi connectivity index (χ1n) is 11.5. The molecule has 2 N–H and O–H groups in total. The first-order chi connectivity index (χ1) is 15.4. The second-order valence-electron chi connectivity index (χ2n) is 8.65. The average Bonchev–Trinajstić information content (AvgIpc) is 3.15. The molecule has 1 spiro atoms. The summed E-state index contributed by atoms with van der Waals surface area (Å²) in [4.78, 5) is 39.7. The molecule has 8 heteroatoms. The molecular formula is C24H34N2O5S. The van der Waals surface area contributed by atoms with Gasteiger partial charge in [-0.25, -0.2) is 4.79 Å². The maximum absolute atomic E-state index is 13.6. The van der Waals surface area contributed by atoms with Crippen molar-refractivity contribution in [3.05, 3.63) is 35.9 Å². The molecule has 176 valence electrons. The smallest absolute Gasteiger partial charge is 0.326 e. The van der Waals surface area contributed by atoms with Gasteiger partial charge in [-0.15, -0.1) is 0 Å². The van der Waals surface area contributed by atoms with Crippen LogP contribution < -0.4 is 5.32 Å². The minimum absolute atomic E-state index is 0.240. The molecule has 1 aromatic carbocycles. The number of carbonyl (C=O) groups is 3. The van der Waals surface area contributed by atoms with Crippen molar-refractivity contribution in [1.29, 1.82) is 0 Å². The molecule has 3 rings (SSSR count). The van der Waals surface area contributed by atoms with Gasteiger partial charge in [0.05, 0.1) is 12.6 Å². The molecule has 0 radical (unpaired) electrons. The largest absolute Gasteiger partial charge is 0.480 e. The fourth-order valence-electron chi connectivity index (χ4n) is 4.90. The van der Waals surface area contributed by atoms with Crippen LogP contribution in [0.15, 0.2) is 30.3 Å². The van der Waals surface area contributed by atoms with Crippen LogP contribution in [0.1, 0.15) is 51.5 Å². The summed E-state index contributed by atoms with van der Waals surface area (Å²) in [5.74, 6) is 0.284. The van der Waals surface area contributed by atoms with E-state index in [-0.39, 0.29) is 24.0 Å². The number of ether oxygens (including phenoxy) is 1. The number of aliphatic carboxylic acids is 1. The molecule has 0 saturated carbocycles. The van der Waals surface area contributed by atoms with Gasteiger partial charge < -0.3 is 14.7 Å². The van der Waals surface area contributed by atoms with E-state index in [1.165, 1.54) is 0 Å². The molecule has 1 aromatic rings. The number of carboxylic acid groups (broad SMARTS) is 1. The summed E-state index contributed by atoms with van der Waals surface area (Å²) >= 11 is 1.85. The fraction of sp³-hybridized carbons (Fsp3) is 0.625. The molecule has 2 heterocycles. The second kappa shape index (κ2) is 11.2. The molecule has 2 aliphatic heterocycles. The monoisotopic (exact) mass is 462 g/mol. The molecule has 32 heavy (non-hydrogen) atoms. The molecule has 0 aliphatic carbocycles. The van der Waals surface area contributed by atoms with Gasteiger partial charge in [-0.05, 0) is 69.4 Å². The Balaban J connectivity index is 1.74. The third-order valence-electron chi connectivity index (χ3n) is 6.61. The number of nitrogens with one attached hydrogen (secondary N) is 1. The number of rotatable bonds is 9. The third kappa shape index (κ3) is 5.64. The van der Waals surface area contributed by atoms with Crippen molar-refractivity contribution in [3.63, 3.8) is 0 Å². The number of hydrogen-bond acceptors (Lipinski definition) is 6. The van der Waals surface area contributed by atoms with Crippen LogP contribution in [-0.2, 0) is 25.5 Å². The highest BCUT2D eigenvalue weighted by molar-refractivity contribution is 7.99. The van der Waals surface area contributed by atoms with Crippen LogP contribution in [0.3, 0.4) is 0 Å². The number of nitrogens with zero attached hydrogens (tertiary/aromatic N) is 1. The Morgan fingerprint density at radius 1 is 1.22 bits per heavy atom. The fourth-order valence-corrected chi connectivity index (χ4v) is 6.15. The number of thioether (sulfide) groups is 1. The summed E-state index contributed by atoms with van der Waals surface area (Å²) in [7, 11) is 0. The topological polar surface area (TPSA) is 95.9 Å². The molecule has 2 aliphatic rings. The number of esters is 1. The Hall–Kier alpha value is -2.06. The maximum Gasteiger partial charge on any atom is 0.326 e. The zero-order chi connectivity index (χ0) is 23.1. The van der Waals surface area contributed by atoms with E-state index < -0.39 is 24.1 Å². The van der Waals surface area contributed by atoms with Crippen molar-refractivity contribution in [2.45, 2.75) is 76.0 Å². The van der Waals surface area contributed by atoms with E-state index >= 15 is 0 Å². The van der Waals surface area contributed by atoms with Crippen molar-refractivity contribution in [2.24, 2.45) is 0 Å². The predicted molar refractivity (Wildman–Crippen MR) is 125 cm³/mol. The Morgan fingerprint density at radius 2 is 1.91 bits per heavy atom. The van der Waals surface area contributed by atoms with Gasteiger partial charge in [0.1, 0.15) is 12.1 Å². The van der Waals surface area contributed by atoms with Gasteiger partial charge in [-0.3, -0.25) is 14.9 Å². The van der Waals surface area contributed by atoms with Crippen LogP contribution in [0.5, 0.6) is 0 Å². The van der Waals surface area contributed by atoms with E-state index in [0.717, 1.165) is 36.3 Å². The lowest BCUT2D eigenvalue weighted by Crippen LogP contribution is -2.60. The molecular weight excluding hydrogens is 428 g/mol. The van der Waals surface area contributed by atoms with E-state index in [2.05, 4.69) is 5.32 Å². The van der Waals surface area contributed by atoms with Crippen molar-refractivity contribution in [1.82, 2.24) is 10.2 Å². The van der Waals surface area contributed by atoms with Crippen LogP contribution in [-0.4, -0.2) is 69.6 Å². The van der Waals surface area contributed by atoms with Gasteiger partial charge in [0.15, 0.2) is 0 Å². The van der Waals surface area contributed by atoms with E-state index in [1.807, 2.05) is 42.1 Å². The highest BCUT2D eigenvalue weighted by Crippen LogP contribution is 2.44. The van der Waals surface area contributed by atoms with E-state index in [9.17, 15) is 19.5 Å². The molecule has 0 bridgehead atoms. The summed E-state index contributed by atoms with van der Waals surface area (Å²) in [6, 6.07) is 7.72. The van der Waals surface area contributed by atoms with Crippen molar-refractivity contribution < 1.29 is 24.2 Å². The van der Waals surface area contributed by atoms with Gasteiger partial charge >= 0.3 is 11.9 Å². The van der Waals surface area contributed by atoms with Crippen LogP contribution in [0.25, 0.3) is 0 Å². The number of benzene rings is 1. The summed E-state index contributed by atoms with van der Waals surface area (Å²) in [6.45, 7) is 3.74. The van der Waals surface area contributed by atoms with Crippen molar-refractivity contribution >= 4 is 29.6 Å². The van der Waals surface area contributed by atoms with E-state index in [0.29, 0.717) is 19.3 Å². The minimum atomic E-state index is -0.952. The summed E-state index contributed by atoms with van der Waals surface area (Å²) < 4.78 is 5.24. The summed E-state index contributed by atoms with van der Waals surface area (Å²) in [5, 5.41) is 13.0. The maximum atomic E-state index is 13.6. The normalized spacial score (nSPS) is 21.8. The number of aryl methyl sites for hydroxylation is 1.